The summed E-state index contributed by atoms with van der Waals surface area (Å²) in [7, 11) is 0. The second-order valence-electron chi connectivity index (χ2n) is 5.74. The Morgan fingerprint density at radius 2 is 2.00 bits per heavy atom. The zero-order valence-electron chi connectivity index (χ0n) is 11.5. The van der Waals surface area contributed by atoms with E-state index in [0.29, 0.717) is 13.1 Å². The maximum Gasteiger partial charge on any atom is 0.317 e. The lowest BCUT2D eigenvalue weighted by molar-refractivity contribution is -0.137. The average Bonchev–Trinajstić information content (AvgIpc) is 3.11. The summed E-state index contributed by atoms with van der Waals surface area (Å²) < 4.78 is 0. The Balaban J connectivity index is 2.42. The Labute approximate surface area is 109 Å². The summed E-state index contributed by atoms with van der Waals surface area (Å²) in [5.74, 6) is -0.859. The van der Waals surface area contributed by atoms with Gasteiger partial charge in [-0.3, -0.25) is 4.79 Å². The summed E-state index contributed by atoms with van der Waals surface area (Å²) >= 11 is 0. The highest BCUT2D eigenvalue weighted by Crippen LogP contribution is 2.27. The third kappa shape index (κ3) is 4.94. The highest BCUT2D eigenvalue weighted by atomic mass is 16.4. The van der Waals surface area contributed by atoms with Crippen molar-refractivity contribution in [1.29, 1.82) is 0 Å². The predicted octanol–water partition coefficient (Wildman–Crippen LogP) is 2.07. The van der Waals surface area contributed by atoms with Gasteiger partial charge < -0.3 is 15.3 Å². The number of amides is 2. The van der Waals surface area contributed by atoms with Crippen molar-refractivity contribution in [2.45, 2.75) is 52.5 Å². The number of nitrogens with one attached hydrogen (secondary N) is 1. The third-order valence-corrected chi connectivity index (χ3v) is 3.49. The molecule has 0 aromatic heterocycles. The van der Waals surface area contributed by atoms with Crippen molar-refractivity contribution >= 4 is 12.0 Å². The number of carboxylic acid groups (broad SMARTS) is 1. The summed E-state index contributed by atoms with van der Waals surface area (Å²) in [6.45, 7) is 7.23. The van der Waals surface area contributed by atoms with E-state index in [1.54, 1.807) is 4.90 Å². The molecule has 2 amide bonds. The van der Waals surface area contributed by atoms with Crippen LogP contribution in [0.1, 0.15) is 46.5 Å². The van der Waals surface area contributed by atoms with Crippen LogP contribution in [0, 0.1) is 5.41 Å². The van der Waals surface area contributed by atoms with Crippen LogP contribution in [0.15, 0.2) is 0 Å². The van der Waals surface area contributed by atoms with E-state index in [-0.39, 0.29) is 23.9 Å². The molecular weight excluding hydrogens is 232 g/mol. The Hall–Kier alpha value is -1.26. The fourth-order valence-corrected chi connectivity index (χ4v) is 1.59. The van der Waals surface area contributed by atoms with Crippen molar-refractivity contribution in [3.8, 4) is 0 Å². The lowest BCUT2D eigenvalue weighted by Crippen LogP contribution is -2.45. The second-order valence-corrected chi connectivity index (χ2v) is 5.74. The van der Waals surface area contributed by atoms with E-state index in [1.807, 2.05) is 0 Å². The standard InChI is InChI=1S/C13H24N2O3/c1-4-13(2,3)9-14-12(18)15(10-5-6-10)8-7-11(16)17/h10H,4-9H2,1-3H3,(H,14,18)(H,16,17). The molecule has 18 heavy (non-hydrogen) atoms. The molecule has 1 saturated carbocycles. The molecule has 1 aliphatic carbocycles. The van der Waals surface area contributed by atoms with Crippen molar-refractivity contribution in [3.05, 3.63) is 0 Å². The van der Waals surface area contributed by atoms with E-state index in [9.17, 15) is 9.59 Å². The second kappa shape index (κ2) is 6.07. The van der Waals surface area contributed by atoms with E-state index in [4.69, 9.17) is 5.11 Å². The van der Waals surface area contributed by atoms with E-state index >= 15 is 0 Å². The van der Waals surface area contributed by atoms with Crippen LogP contribution in [-0.4, -0.2) is 41.1 Å². The molecule has 0 saturated heterocycles. The zero-order chi connectivity index (χ0) is 13.8. The molecule has 1 fully saturated rings. The van der Waals surface area contributed by atoms with Gasteiger partial charge in [0.2, 0.25) is 0 Å². The molecule has 0 spiro atoms. The molecule has 0 aromatic carbocycles. The van der Waals surface area contributed by atoms with Gasteiger partial charge in [-0.05, 0) is 24.7 Å². The van der Waals surface area contributed by atoms with Gasteiger partial charge in [0, 0.05) is 19.1 Å². The van der Waals surface area contributed by atoms with Crippen LogP contribution in [-0.2, 0) is 4.79 Å². The maximum atomic E-state index is 12.0. The molecule has 0 heterocycles. The normalized spacial score (nSPS) is 15.3. The van der Waals surface area contributed by atoms with E-state index in [1.165, 1.54) is 0 Å². The van der Waals surface area contributed by atoms with Crippen LogP contribution in [0.5, 0.6) is 0 Å². The van der Waals surface area contributed by atoms with Gasteiger partial charge in [0.15, 0.2) is 0 Å². The molecule has 5 nitrogen and oxygen atoms in total. The fourth-order valence-electron chi connectivity index (χ4n) is 1.59. The van der Waals surface area contributed by atoms with Crippen LogP contribution in [0.25, 0.3) is 0 Å². The van der Waals surface area contributed by atoms with Crippen LogP contribution in [0.2, 0.25) is 0 Å². The summed E-state index contributed by atoms with van der Waals surface area (Å²) in [5, 5.41) is 11.6. The first-order valence-electron chi connectivity index (χ1n) is 6.62. The average molecular weight is 256 g/mol. The van der Waals surface area contributed by atoms with Crippen LogP contribution < -0.4 is 5.32 Å². The summed E-state index contributed by atoms with van der Waals surface area (Å²) in [5.41, 5.74) is 0.0810. The van der Waals surface area contributed by atoms with Crippen molar-refractivity contribution in [1.82, 2.24) is 10.2 Å². The molecule has 0 aromatic rings. The minimum absolute atomic E-state index is 0.0150. The van der Waals surface area contributed by atoms with Gasteiger partial charge in [0.25, 0.3) is 0 Å². The Morgan fingerprint density at radius 1 is 1.39 bits per heavy atom. The minimum Gasteiger partial charge on any atom is -0.481 e. The summed E-state index contributed by atoms with van der Waals surface area (Å²) in [6, 6.07) is 0.120. The van der Waals surface area contributed by atoms with E-state index < -0.39 is 5.97 Å². The SMILES string of the molecule is CCC(C)(C)CNC(=O)N(CCC(=O)O)C1CC1. The Kier molecular flexibility index (Phi) is 4.99. The lowest BCUT2D eigenvalue weighted by atomic mass is 9.90. The number of hydrogen-bond acceptors (Lipinski definition) is 2. The molecule has 0 bridgehead atoms. The minimum atomic E-state index is -0.859. The summed E-state index contributed by atoms with van der Waals surface area (Å²) in [6.07, 6.45) is 2.99. The molecule has 0 atom stereocenters. The molecule has 5 heteroatoms. The molecular formula is C13H24N2O3. The molecule has 104 valence electrons. The molecule has 2 N–H and O–H groups in total. The Bertz CT molecular complexity index is 311. The number of hydrogen-bond donors (Lipinski definition) is 2. The maximum absolute atomic E-state index is 12.0. The topological polar surface area (TPSA) is 69.6 Å². The number of carbonyl (C=O) groups is 2. The van der Waals surface area contributed by atoms with Gasteiger partial charge in [0.05, 0.1) is 6.42 Å². The van der Waals surface area contributed by atoms with Crippen LogP contribution in [0.3, 0.4) is 0 Å². The third-order valence-electron chi connectivity index (χ3n) is 3.49. The highest BCUT2D eigenvalue weighted by molar-refractivity contribution is 5.76. The van der Waals surface area contributed by atoms with Crippen molar-refractivity contribution in [2.75, 3.05) is 13.1 Å². The molecule has 0 aliphatic heterocycles. The number of aliphatic carboxylic acids is 1. The number of nitrogens with zero attached hydrogens (tertiary/aromatic N) is 1. The predicted molar refractivity (Wildman–Crippen MR) is 69.5 cm³/mol. The highest BCUT2D eigenvalue weighted by Gasteiger charge is 2.33. The number of rotatable bonds is 7. The lowest BCUT2D eigenvalue weighted by Gasteiger charge is -2.27. The quantitative estimate of drug-likeness (QED) is 0.732. The van der Waals surface area contributed by atoms with Gasteiger partial charge >= 0.3 is 12.0 Å². The number of carboxylic acids is 1. The van der Waals surface area contributed by atoms with E-state index in [2.05, 4.69) is 26.1 Å². The van der Waals surface area contributed by atoms with Gasteiger partial charge in [-0.1, -0.05) is 20.8 Å². The first kappa shape index (κ1) is 14.8. The monoisotopic (exact) mass is 256 g/mol. The number of carbonyl (C=O) groups excluding carboxylic acids is 1. The van der Waals surface area contributed by atoms with Crippen molar-refractivity contribution < 1.29 is 14.7 Å². The van der Waals surface area contributed by atoms with Crippen molar-refractivity contribution in [2.24, 2.45) is 5.41 Å². The largest absolute Gasteiger partial charge is 0.481 e. The van der Waals surface area contributed by atoms with Crippen LogP contribution >= 0.6 is 0 Å². The van der Waals surface area contributed by atoms with E-state index in [0.717, 1.165) is 19.3 Å². The number of urea groups is 1. The first-order valence-corrected chi connectivity index (χ1v) is 6.62. The van der Waals surface area contributed by atoms with Crippen molar-refractivity contribution in [3.63, 3.8) is 0 Å². The van der Waals surface area contributed by atoms with Crippen LogP contribution in [0.4, 0.5) is 4.79 Å². The van der Waals surface area contributed by atoms with Gasteiger partial charge in [0.1, 0.15) is 0 Å². The smallest absolute Gasteiger partial charge is 0.317 e. The van der Waals surface area contributed by atoms with Gasteiger partial charge in [-0.25, -0.2) is 4.79 Å². The van der Waals surface area contributed by atoms with Gasteiger partial charge in [-0.2, -0.15) is 0 Å². The first-order chi connectivity index (χ1) is 8.35. The molecule has 0 unspecified atom stereocenters. The molecule has 1 rings (SSSR count). The zero-order valence-corrected chi connectivity index (χ0v) is 11.5. The Morgan fingerprint density at radius 3 is 2.44 bits per heavy atom. The van der Waals surface area contributed by atoms with Gasteiger partial charge in [-0.15, -0.1) is 0 Å². The summed E-state index contributed by atoms with van der Waals surface area (Å²) in [4.78, 5) is 24.3. The molecule has 1 aliphatic rings. The molecule has 0 radical (unpaired) electrons. The fraction of sp³-hybridized carbons (Fsp3) is 0.846.